The van der Waals surface area contributed by atoms with E-state index in [0.29, 0.717) is 12.1 Å². The fourth-order valence-electron chi connectivity index (χ4n) is 3.25. The second-order valence-corrected chi connectivity index (χ2v) is 8.54. The molecule has 5 nitrogen and oxygen atoms in total. The Morgan fingerprint density at radius 2 is 1.45 bits per heavy atom. The summed E-state index contributed by atoms with van der Waals surface area (Å²) in [6.45, 7) is 0.469. The van der Waals surface area contributed by atoms with Gasteiger partial charge in [0.05, 0.1) is 4.90 Å². The van der Waals surface area contributed by atoms with E-state index in [2.05, 4.69) is 34.3 Å². The Hall–Kier alpha value is -2.96. The van der Waals surface area contributed by atoms with Crippen LogP contribution in [0.5, 0.6) is 0 Å². The summed E-state index contributed by atoms with van der Waals surface area (Å²) in [5, 5.41) is 2.91. The van der Waals surface area contributed by atoms with E-state index in [9.17, 15) is 13.2 Å². The summed E-state index contributed by atoms with van der Waals surface area (Å²) < 4.78 is 26.2. The van der Waals surface area contributed by atoms with E-state index in [-0.39, 0.29) is 16.7 Å². The molecule has 0 heterocycles. The molecule has 0 aromatic heterocycles. The van der Waals surface area contributed by atoms with Crippen molar-refractivity contribution in [3.05, 3.63) is 102 Å². The van der Waals surface area contributed by atoms with Crippen LogP contribution in [0.2, 0.25) is 0 Å². The number of rotatable bonds is 8. The van der Waals surface area contributed by atoms with Crippen LogP contribution in [0.3, 0.4) is 0 Å². The first kappa shape index (κ1) is 20.8. The molecule has 0 saturated carbocycles. The first-order valence-corrected chi connectivity index (χ1v) is 10.9. The second kappa shape index (κ2) is 9.49. The zero-order valence-electron chi connectivity index (χ0n) is 16.2. The quantitative estimate of drug-likeness (QED) is 0.599. The maximum absolute atomic E-state index is 12.5. The highest BCUT2D eigenvalue weighted by atomic mass is 32.2. The van der Waals surface area contributed by atoms with Gasteiger partial charge in [-0.2, -0.15) is 0 Å². The molecule has 0 atom stereocenters. The van der Waals surface area contributed by atoms with Crippen LogP contribution in [0.1, 0.15) is 33.8 Å². The third kappa shape index (κ3) is 5.31. The highest BCUT2D eigenvalue weighted by Crippen LogP contribution is 2.27. The summed E-state index contributed by atoms with van der Waals surface area (Å²) in [6, 6.07) is 26.4. The van der Waals surface area contributed by atoms with E-state index in [0.717, 1.165) is 6.42 Å². The van der Waals surface area contributed by atoms with Crippen LogP contribution >= 0.6 is 0 Å². The van der Waals surface area contributed by atoms with Crippen molar-refractivity contribution in [2.75, 3.05) is 13.6 Å². The van der Waals surface area contributed by atoms with Gasteiger partial charge in [0.1, 0.15) is 0 Å². The first-order valence-electron chi connectivity index (χ1n) is 9.43. The van der Waals surface area contributed by atoms with Crippen molar-refractivity contribution in [2.24, 2.45) is 0 Å². The van der Waals surface area contributed by atoms with Gasteiger partial charge in [-0.1, -0.05) is 66.7 Å². The topological polar surface area (TPSA) is 75.3 Å². The van der Waals surface area contributed by atoms with Crippen molar-refractivity contribution in [3.63, 3.8) is 0 Å². The molecule has 0 saturated heterocycles. The number of nitrogens with one attached hydrogen (secondary N) is 2. The van der Waals surface area contributed by atoms with E-state index in [1.807, 2.05) is 36.4 Å². The van der Waals surface area contributed by atoms with E-state index in [1.165, 1.54) is 30.3 Å². The van der Waals surface area contributed by atoms with E-state index < -0.39 is 10.0 Å². The van der Waals surface area contributed by atoms with Crippen molar-refractivity contribution in [1.29, 1.82) is 0 Å². The molecule has 0 aliphatic rings. The van der Waals surface area contributed by atoms with Crippen LogP contribution in [-0.2, 0) is 10.0 Å². The van der Waals surface area contributed by atoms with Gasteiger partial charge < -0.3 is 5.32 Å². The number of amides is 1. The summed E-state index contributed by atoms with van der Waals surface area (Å²) in [4.78, 5) is 12.6. The molecule has 29 heavy (non-hydrogen) atoms. The van der Waals surface area contributed by atoms with Crippen molar-refractivity contribution in [3.8, 4) is 0 Å². The van der Waals surface area contributed by atoms with Gasteiger partial charge in [-0.3, -0.25) is 4.79 Å². The van der Waals surface area contributed by atoms with E-state index in [1.54, 1.807) is 12.1 Å². The Balaban J connectivity index is 1.70. The van der Waals surface area contributed by atoms with E-state index >= 15 is 0 Å². The molecule has 1 amide bonds. The molecular weight excluding hydrogens is 384 g/mol. The number of hydrogen-bond acceptors (Lipinski definition) is 3. The van der Waals surface area contributed by atoms with Crippen LogP contribution in [0.25, 0.3) is 0 Å². The second-order valence-electron chi connectivity index (χ2n) is 6.65. The molecule has 3 aromatic carbocycles. The summed E-state index contributed by atoms with van der Waals surface area (Å²) in [5.41, 5.74) is 2.70. The molecule has 0 bridgehead atoms. The predicted molar refractivity (Wildman–Crippen MR) is 114 cm³/mol. The summed E-state index contributed by atoms with van der Waals surface area (Å²) in [5.74, 6) is -0.133. The number of sulfonamides is 1. The average Bonchev–Trinajstić information content (AvgIpc) is 2.78. The molecule has 3 rings (SSSR count). The maximum Gasteiger partial charge on any atom is 0.251 e. The van der Waals surface area contributed by atoms with Crippen LogP contribution in [0.15, 0.2) is 89.8 Å². The van der Waals surface area contributed by atoms with Crippen molar-refractivity contribution >= 4 is 15.9 Å². The largest absolute Gasteiger partial charge is 0.352 e. The predicted octanol–water partition coefficient (Wildman–Crippen LogP) is 3.55. The van der Waals surface area contributed by atoms with Crippen molar-refractivity contribution in [2.45, 2.75) is 17.2 Å². The van der Waals surface area contributed by atoms with E-state index in [4.69, 9.17) is 0 Å². The Bertz CT molecular complexity index is 1010. The summed E-state index contributed by atoms with van der Waals surface area (Å²) >= 11 is 0. The molecule has 150 valence electrons. The highest BCUT2D eigenvalue weighted by molar-refractivity contribution is 7.89. The zero-order valence-corrected chi connectivity index (χ0v) is 17.0. The SMILES string of the molecule is CNS(=O)(=O)c1cccc(C(=O)NCCC(c2ccccc2)c2ccccc2)c1. The molecule has 0 radical (unpaired) electrons. The summed E-state index contributed by atoms with van der Waals surface area (Å²) in [6.07, 6.45) is 0.730. The minimum atomic E-state index is -3.59. The molecule has 3 aromatic rings. The van der Waals surface area contributed by atoms with Gasteiger partial charge in [0.25, 0.3) is 5.91 Å². The minimum Gasteiger partial charge on any atom is -0.352 e. The van der Waals surface area contributed by atoms with Gasteiger partial charge in [0.2, 0.25) is 10.0 Å². The third-order valence-electron chi connectivity index (χ3n) is 4.80. The molecule has 6 heteroatoms. The van der Waals surface area contributed by atoms with Crippen LogP contribution in [-0.4, -0.2) is 27.9 Å². The maximum atomic E-state index is 12.5. The molecule has 0 unspecified atom stereocenters. The minimum absolute atomic E-state index is 0.0686. The van der Waals surface area contributed by atoms with Gasteiger partial charge in [-0.05, 0) is 42.8 Å². The number of carbonyl (C=O) groups is 1. The molecular formula is C23H24N2O3S. The number of benzene rings is 3. The van der Waals surface area contributed by atoms with Crippen LogP contribution in [0.4, 0.5) is 0 Å². The van der Waals surface area contributed by atoms with Gasteiger partial charge in [0.15, 0.2) is 0 Å². The van der Waals surface area contributed by atoms with Crippen LogP contribution in [0, 0.1) is 0 Å². The zero-order chi connectivity index (χ0) is 20.7. The van der Waals surface area contributed by atoms with Gasteiger partial charge in [-0.25, -0.2) is 13.1 Å². The Morgan fingerprint density at radius 3 is 2.00 bits per heavy atom. The van der Waals surface area contributed by atoms with Crippen molar-refractivity contribution < 1.29 is 13.2 Å². The lowest BCUT2D eigenvalue weighted by Gasteiger charge is -2.18. The fourth-order valence-corrected chi connectivity index (χ4v) is 4.03. The van der Waals surface area contributed by atoms with Gasteiger partial charge in [0, 0.05) is 18.0 Å². The molecule has 0 aliphatic carbocycles. The smallest absolute Gasteiger partial charge is 0.251 e. The standard InChI is InChI=1S/C23H24N2O3S/c1-24-29(27,28)21-14-8-13-20(17-21)23(26)25-16-15-22(18-9-4-2-5-10-18)19-11-6-3-7-12-19/h2-14,17,22,24H,15-16H2,1H3,(H,25,26). The Morgan fingerprint density at radius 1 is 0.862 bits per heavy atom. The third-order valence-corrected chi connectivity index (χ3v) is 6.21. The monoisotopic (exact) mass is 408 g/mol. The lowest BCUT2D eigenvalue weighted by molar-refractivity contribution is 0.0952. The normalized spacial score (nSPS) is 11.4. The number of hydrogen-bond donors (Lipinski definition) is 2. The van der Waals surface area contributed by atoms with Crippen molar-refractivity contribution in [1.82, 2.24) is 10.0 Å². The van der Waals surface area contributed by atoms with Gasteiger partial charge in [-0.15, -0.1) is 0 Å². The fraction of sp³-hybridized carbons (Fsp3) is 0.174. The number of carbonyl (C=O) groups excluding carboxylic acids is 1. The Labute approximate surface area is 171 Å². The Kier molecular flexibility index (Phi) is 6.80. The average molecular weight is 409 g/mol. The summed E-state index contributed by atoms with van der Waals surface area (Å²) in [7, 11) is -2.25. The lowest BCUT2D eigenvalue weighted by atomic mass is 9.88. The first-order chi connectivity index (χ1) is 14.0. The molecule has 0 fully saturated rings. The lowest BCUT2D eigenvalue weighted by Crippen LogP contribution is -2.26. The molecule has 0 aliphatic heterocycles. The highest BCUT2D eigenvalue weighted by Gasteiger charge is 2.16. The molecule has 2 N–H and O–H groups in total. The van der Waals surface area contributed by atoms with Crippen LogP contribution < -0.4 is 10.0 Å². The molecule has 0 spiro atoms. The van der Waals surface area contributed by atoms with Gasteiger partial charge >= 0.3 is 0 Å².